The number of rotatable bonds is 6. The van der Waals surface area contributed by atoms with Crippen molar-refractivity contribution in [3.05, 3.63) is 77.6 Å². The van der Waals surface area contributed by atoms with Crippen molar-refractivity contribution >= 4 is 18.0 Å². The van der Waals surface area contributed by atoms with Crippen molar-refractivity contribution in [3.63, 3.8) is 0 Å². The number of halogens is 1. The SMILES string of the molecule is O=C(/C=C/c1ccccc1)N[C@@H](Cc1ccc(F)cc1)C(=O)O. The quantitative estimate of drug-likeness (QED) is 0.806. The zero-order chi connectivity index (χ0) is 16.7. The van der Waals surface area contributed by atoms with E-state index in [1.165, 1.54) is 30.3 Å². The van der Waals surface area contributed by atoms with E-state index in [9.17, 15) is 19.1 Å². The summed E-state index contributed by atoms with van der Waals surface area (Å²) in [5, 5.41) is 11.6. The van der Waals surface area contributed by atoms with Gasteiger partial charge in [-0.2, -0.15) is 0 Å². The largest absolute Gasteiger partial charge is 0.480 e. The summed E-state index contributed by atoms with van der Waals surface area (Å²) in [5.74, 6) is -2.03. The van der Waals surface area contributed by atoms with Crippen LogP contribution >= 0.6 is 0 Å². The first-order valence-corrected chi connectivity index (χ1v) is 7.05. The Bertz CT molecular complexity index is 696. The number of carboxylic acids is 1. The van der Waals surface area contributed by atoms with Gasteiger partial charge in [-0.05, 0) is 29.3 Å². The van der Waals surface area contributed by atoms with Crippen LogP contribution in [0.25, 0.3) is 6.08 Å². The van der Waals surface area contributed by atoms with Crippen LogP contribution in [0.2, 0.25) is 0 Å². The van der Waals surface area contributed by atoms with Gasteiger partial charge >= 0.3 is 5.97 Å². The van der Waals surface area contributed by atoms with E-state index in [0.29, 0.717) is 5.56 Å². The molecule has 0 aliphatic carbocycles. The van der Waals surface area contributed by atoms with E-state index in [1.54, 1.807) is 6.08 Å². The van der Waals surface area contributed by atoms with E-state index in [1.807, 2.05) is 30.3 Å². The van der Waals surface area contributed by atoms with E-state index in [4.69, 9.17) is 0 Å². The molecule has 2 aromatic carbocycles. The van der Waals surface area contributed by atoms with Crippen molar-refractivity contribution < 1.29 is 19.1 Å². The lowest BCUT2D eigenvalue weighted by atomic mass is 10.1. The fourth-order valence-corrected chi connectivity index (χ4v) is 2.01. The van der Waals surface area contributed by atoms with Gasteiger partial charge in [0, 0.05) is 12.5 Å². The van der Waals surface area contributed by atoms with E-state index in [2.05, 4.69) is 5.32 Å². The molecule has 0 aliphatic rings. The van der Waals surface area contributed by atoms with Gasteiger partial charge in [-0.3, -0.25) is 4.79 Å². The highest BCUT2D eigenvalue weighted by atomic mass is 19.1. The van der Waals surface area contributed by atoms with E-state index in [-0.39, 0.29) is 6.42 Å². The number of hydrogen-bond donors (Lipinski definition) is 2. The van der Waals surface area contributed by atoms with Crippen LogP contribution in [-0.4, -0.2) is 23.0 Å². The predicted molar refractivity (Wildman–Crippen MR) is 85.1 cm³/mol. The molecule has 0 heterocycles. The van der Waals surface area contributed by atoms with Crippen molar-refractivity contribution in [2.24, 2.45) is 0 Å². The lowest BCUT2D eigenvalue weighted by Crippen LogP contribution is -2.41. The van der Waals surface area contributed by atoms with E-state index in [0.717, 1.165) is 5.56 Å². The standard InChI is InChI=1S/C18H16FNO3/c19-15-9-6-14(7-10-15)12-16(18(22)23)20-17(21)11-8-13-4-2-1-3-5-13/h1-11,16H,12H2,(H,20,21)(H,22,23)/b11-8+/t16-/m0/s1. The lowest BCUT2D eigenvalue weighted by Gasteiger charge is -2.13. The Balaban J connectivity index is 1.98. The molecule has 2 N–H and O–H groups in total. The van der Waals surface area contributed by atoms with Crippen LogP contribution in [0.5, 0.6) is 0 Å². The van der Waals surface area contributed by atoms with Crippen LogP contribution in [0.3, 0.4) is 0 Å². The second kappa shape index (κ2) is 7.89. The van der Waals surface area contributed by atoms with Crippen molar-refractivity contribution in [2.75, 3.05) is 0 Å². The third kappa shape index (κ3) is 5.39. The number of carbonyl (C=O) groups is 2. The smallest absolute Gasteiger partial charge is 0.326 e. The molecule has 2 rings (SSSR count). The summed E-state index contributed by atoms with van der Waals surface area (Å²) in [5.41, 5.74) is 1.47. The van der Waals surface area contributed by atoms with Gasteiger partial charge in [0.25, 0.3) is 0 Å². The van der Waals surface area contributed by atoms with Crippen LogP contribution in [0.1, 0.15) is 11.1 Å². The zero-order valence-electron chi connectivity index (χ0n) is 12.3. The van der Waals surface area contributed by atoms with Crippen LogP contribution in [0.4, 0.5) is 4.39 Å². The Labute approximate surface area is 133 Å². The van der Waals surface area contributed by atoms with Crippen molar-refractivity contribution in [1.29, 1.82) is 0 Å². The second-order valence-corrected chi connectivity index (χ2v) is 4.97. The highest BCUT2D eigenvalue weighted by Crippen LogP contribution is 2.07. The highest BCUT2D eigenvalue weighted by Gasteiger charge is 2.19. The van der Waals surface area contributed by atoms with Gasteiger partial charge in [-0.1, -0.05) is 42.5 Å². The molecule has 0 unspecified atom stereocenters. The van der Waals surface area contributed by atoms with Crippen LogP contribution < -0.4 is 5.32 Å². The monoisotopic (exact) mass is 313 g/mol. The Morgan fingerprint density at radius 2 is 1.74 bits per heavy atom. The molecule has 1 amide bonds. The summed E-state index contributed by atoms with van der Waals surface area (Å²) in [4.78, 5) is 23.1. The predicted octanol–water partition coefficient (Wildman–Crippen LogP) is 2.65. The Kier molecular flexibility index (Phi) is 5.63. The Morgan fingerprint density at radius 1 is 1.09 bits per heavy atom. The third-order valence-corrected chi connectivity index (χ3v) is 3.19. The summed E-state index contributed by atoms with van der Waals surface area (Å²) in [7, 11) is 0. The molecule has 0 radical (unpaired) electrons. The molecule has 0 fully saturated rings. The van der Waals surface area contributed by atoms with Gasteiger partial charge in [-0.15, -0.1) is 0 Å². The summed E-state index contributed by atoms with van der Waals surface area (Å²) >= 11 is 0. The minimum Gasteiger partial charge on any atom is -0.480 e. The van der Waals surface area contributed by atoms with Gasteiger partial charge in [0.15, 0.2) is 0 Å². The number of hydrogen-bond acceptors (Lipinski definition) is 2. The zero-order valence-corrected chi connectivity index (χ0v) is 12.3. The van der Waals surface area contributed by atoms with Crippen LogP contribution in [-0.2, 0) is 16.0 Å². The van der Waals surface area contributed by atoms with Gasteiger partial charge in [0.1, 0.15) is 11.9 Å². The number of carboxylic acid groups (broad SMARTS) is 1. The Hall–Kier alpha value is -2.95. The van der Waals surface area contributed by atoms with Crippen molar-refractivity contribution in [1.82, 2.24) is 5.32 Å². The normalized spacial score (nSPS) is 12.0. The maximum absolute atomic E-state index is 12.9. The fourth-order valence-electron chi connectivity index (χ4n) is 2.01. The molecule has 118 valence electrons. The first-order chi connectivity index (χ1) is 11.0. The number of carbonyl (C=O) groups excluding carboxylic acids is 1. The number of amides is 1. The molecule has 2 aromatic rings. The summed E-state index contributed by atoms with van der Waals surface area (Å²) in [6, 6.07) is 13.6. The minimum absolute atomic E-state index is 0.0839. The molecule has 1 atom stereocenters. The number of aliphatic carboxylic acids is 1. The molecule has 5 heteroatoms. The van der Waals surface area contributed by atoms with E-state index >= 15 is 0 Å². The van der Waals surface area contributed by atoms with Gasteiger partial charge in [0.2, 0.25) is 5.91 Å². The third-order valence-electron chi connectivity index (χ3n) is 3.19. The lowest BCUT2D eigenvalue weighted by molar-refractivity contribution is -0.141. The van der Waals surface area contributed by atoms with Crippen molar-refractivity contribution in [3.8, 4) is 0 Å². The Morgan fingerprint density at radius 3 is 2.35 bits per heavy atom. The molecule has 0 bridgehead atoms. The topological polar surface area (TPSA) is 66.4 Å². The summed E-state index contributed by atoms with van der Waals surface area (Å²) in [6.07, 6.45) is 2.97. The molecular weight excluding hydrogens is 297 g/mol. The number of benzene rings is 2. The first kappa shape index (κ1) is 16.4. The molecule has 0 aromatic heterocycles. The van der Waals surface area contributed by atoms with Gasteiger partial charge in [0.05, 0.1) is 0 Å². The number of nitrogens with one attached hydrogen (secondary N) is 1. The minimum atomic E-state index is -1.14. The summed E-state index contributed by atoms with van der Waals surface area (Å²) < 4.78 is 12.9. The fraction of sp³-hybridized carbons (Fsp3) is 0.111. The first-order valence-electron chi connectivity index (χ1n) is 7.05. The molecular formula is C18H16FNO3. The maximum Gasteiger partial charge on any atom is 0.326 e. The maximum atomic E-state index is 12.9. The molecule has 0 saturated heterocycles. The average Bonchev–Trinajstić information content (AvgIpc) is 2.55. The van der Waals surface area contributed by atoms with Gasteiger partial charge in [-0.25, -0.2) is 9.18 Å². The summed E-state index contributed by atoms with van der Waals surface area (Å²) in [6.45, 7) is 0. The molecule has 23 heavy (non-hydrogen) atoms. The van der Waals surface area contributed by atoms with Crippen molar-refractivity contribution in [2.45, 2.75) is 12.5 Å². The molecule has 0 spiro atoms. The molecule has 4 nitrogen and oxygen atoms in total. The van der Waals surface area contributed by atoms with Crippen LogP contribution in [0.15, 0.2) is 60.7 Å². The average molecular weight is 313 g/mol. The second-order valence-electron chi connectivity index (χ2n) is 4.97. The highest BCUT2D eigenvalue weighted by molar-refractivity contribution is 5.94. The van der Waals surface area contributed by atoms with Crippen LogP contribution in [0, 0.1) is 5.82 Å². The van der Waals surface area contributed by atoms with Gasteiger partial charge < -0.3 is 10.4 Å². The molecule has 0 saturated carbocycles. The molecule has 0 aliphatic heterocycles. The van der Waals surface area contributed by atoms with E-state index < -0.39 is 23.7 Å².